The Morgan fingerprint density at radius 3 is 2.50 bits per heavy atom. The second-order valence-corrected chi connectivity index (χ2v) is 4.96. The lowest BCUT2D eigenvalue weighted by Crippen LogP contribution is -2.43. The van der Waals surface area contributed by atoms with Crippen LogP contribution in [0.1, 0.15) is 24.3 Å². The lowest BCUT2D eigenvalue weighted by Gasteiger charge is -2.45. The van der Waals surface area contributed by atoms with Crippen LogP contribution in [0.4, 0.5) is 4.39 Å². The van der Waals surface area contributed by atoms with E-state index in [9.17, 15) is 4.39 Å². The van der Waals surface area contributed by atoms with Gasteiger partial charge in [-0.3, -0.25) is 0 Å². The molecule has 0 radical (unpaired) electrons. The third-order valence-electron chi connectivity index (χ3n) is 4.02. The monoisotopic (exact) mass is 241 g/mol. The molecule has 1 unspecified atom stereocenters. The summed E-state index contributed by atoms with van der Waals surface area (Å²) in [5, 5.41) is 3.42. The molecule has 3 rings (SSSR count). The molecule has 2 fully saturated rings. The predicted octanol–water partition coefficient (Wildman–Crippen LogP) is 2.91. The molecule has 1 aromatic carbocycles. The second kappa shape index (κ2) is 4.34. The van der Waals surface area contributed by atoms with Crippen LogP contribution in [0, 0.1) is 5.41 Å². The smallest absolute Gasteiger partial charge is 0.101 e. The molecule has 1 saturated heterocycles. The van der Waals surface area contributed by atoms with E-state index in [1.165, 1.54) is 5.56 Å². The standard InChI is InChI=1S/C13H16FN.ClH/c14-11-6-13(7-11)9-15-8-12(13)10-4-2-1-3-5-10;/h1-5,11-12,15H,6-9H2;1H. The first-order valence-electron chi connectivity index (χ1n) is 5.70. The van der Waals surface area contributed by atoms with Crippen LogP contribution >= 0.6 is 12.4 Å². The highest BCUT2D eigenvalue weighted by atomic mass is 35.5. The highest BCUT2D eigenvalue weighted by Gasteiger charge is 2.52. The van der Waals surface area contributed by atoms with Crippen molar-refractivity contribution in [3.05, 3.63) is 35.9 Å². The zero-order chi connectivity index (χ0) is 10.3. The van der Waals surface area contributed by atoms with E-state index in [2.05, 4.69) is 29.6 Å². The van der Waals surface area contributed by atoms with Gasteiger partial charge in [0.25, 0.3) is 0 Å². The van der Waals surface area contributed by atoms with E-state index in [-0.39, 0.29) is 17.8 Å². The molecule has 3 heteroatoms. The molecule has 1 spiro atoms. The maximum Gasteiger partial charge on any atom is 0.101 e. The van der Waals surface area contributed by atoms with Crippen LogP contribution in [0.3, 0.4) is 0 Å². The topological polar surface area (TPSA) is 12.0 Å². The lowest BCUT2D eigenvalue weighted by molar-refractivity contribution is 0.0287. The molecule has 1 aliphatic carbocycles. The van der Waals surface area contributed by atoms with Crippen molar-refractivity contribution in [3.63, 3.8) is 0 Å². The number of benzene rings is 1. The van der Waals surface area contributed by atoms with Gasteiger partial charge < -0.3 is 5.32 Å². The molecule has 1 atom stereocenters. The first-order valence-corrected chi connectivity index (χ1v) is 5.70. The number of halogens is 2. The summed E-state index contributed by atoms with van der Waals surface area (Å²) in [5.41, 5.74) is 1.59. The average molecular weight is 242 g/mol. The molecule has 2 aliphatic rings. The van der Waals surface area contributed by atoms with Crippen LogP contribution in [0.5, 0.6) is 0 Å². The Morgan fingerprint density at radius 2 is 1.88 bits per heavy atom. The molecule has 0 bridgehead atoms. The van der Waals surface area contributed by atoms with Crippen molar-refractivity contribution in [2.45, 2.75) is 24.9 Å². The Morgan fingerprint density at radius 1 is 1.19 bits per heavy atom. The van der Waals surface area contributed by atoms with Crippen LogP contribution in [0.25, 0.3) is 0 Å². The van der Waals surface area contributed by atoms with Crippen molar-refractivity contribution in [2.24, 2.45) is 5.41 Å². The quantitative estimate of drug-likeness (QED) is 0.797. The normalized spacial score (nSPS) is 36.8. The molecule has 1 heterocycles. The van der Waals surface area contributed by atoms with Crippen molar-refractivity contribution in [1.29, 1.82) is 0 Å². The Labute approximate surface area is 102 Å². The summed E-state index contributed by atoms with van der Waals surface area (Å²) in [6.45, 7) is 2.00. The molecule has 16 heavy (non-hydrogen) atoms. The van der Waals surface area contributed by atoms with E-state index in [0.29, 0.717) is 5.92 Å². The van der Waals surface area contributed by atoms with Gasteiger partial charge >= 0.3 is 0 Å². The molecule has 1 saturated carbocycles. The zero-order valence-corrected chi connectivity index (χ0v) is 9.97. The fourth-order valence-corrected chi connectivity index (χ4v) is 3.21. The molecular formula is C13H17ClFN. The van der Waals surface area contributed by atoms with E-state index in [1.807, 2.05) is 6.07 Å². The van der Waals surface area contributed by atoms with Crippen LogP contribution in [-0.4, -0.2) is 19.3 Å². The van der Waals surface area contributed by atoms with Gasteiger partial charge in [-0.05, 0) is 23.8 Å². The largest absolute Gasteiger partial charge is 0.316 e. The van der Waals surface area contributed by atoms with Crippen LogP contribution in [-0.2, 0) is 0 Å². The Kier molecular flexibility index (Phi) is 3.22. The zero-order valence-electron chi connectivity index (χ0n) is 9.16. The van der Waals surface area contributed by atoms with Gasteiger partial charge in [-0.2, -0.15) is 0 Å². The molecule has 1 N–H and O–H groups in total. The van der Waals surface area contributed by atoms with Gasteiger partial charge in [0.1, 0.15) is 6.17 Å². The number of nitrogens with one attached hydrogen (secondary N) is 1. The van der Waals surface area contributed by atoms with Crippen molar-refractivity contribution >= 4 is 12.4 Å². The summed E-state index contributed by atoms with van der Waals surface area (Å²) >= 11 is 0. The molecule has 1 aromatic rings. The Balaban J connectivity index is 0.000000963. The number of hydrogen-bond acceptors (Lipinski definition) is 1. The first-order chi connectivity index (χ1) is 7.30. The Hall–Kier alpha value is -0.600. The molecule has 88 valence electrons. The molecular weight excluding hydrogens is 225 g/mol. The van der Waals surface area contributed by atoms with Crippen LogP contribution in [0.2, 0.25) is 0 Å². The number of alkyl halides is 1. The summed E-state index contributed by atoms with van der Waals surface area (Å²) in [4.78, 5) is 0. The highest BCUT2D eigenvalue weighted by Crippen LogP contribution is 2.54. The second-order valence-electron chi connectivity index (χ2n) is 4.96. The first kappa shape index (κ1) is 11.9. The van der Waals surface area contributed by atoms with E-state index in [0.717, 1.165) is 25.9 Å². The summed E-state index contributed by atoms with van der Waals surface area (Å²) < 4.78 is 13.1. The molecule has 0 aromatic heterocycles. The SMILES string of the molecule is Cl.FC1CC2(CNCC2c2ccccc2)C1. The third kappa shape index (κ3) is 1.74. The van der Waals surface area contributed by atoms with Crippen molar-refractivity contribution in [2.75, 3.05) is 13.1 Å². The van der Waals surface area contributed by atoms with Gasteiger partial charge in [0.15, 0.2) is 0 Å². The fraction of sp³-hybridized carbons (Fsp3) is 0.538. The Bertz CT molecular complexity index is 348. The van der Waals surface area contributed by atoms with Crippen molar-refractivity contribution in [1.82, 2.24) is 5.32 Å². The summed E-state index contributed by atoms with van der Waals surface area (Å²) in [5.74, 6) is 0.519. The van der Waals surface area contributed by atoms with E-state index < -0.39 is 6.17 Å². The van der Waals surface area contributed by atoms with Gasteiger partial charge in [-0.15, -0.1) is 12.4 Å². The molecule has 0 amide bonds. The van der Waals surface area contributed by atoms with Gasteiger partial charge in [-0.1, -0.05) is 30.3 Å². The minimum absolute atomic E-state index is 0. The lowest BCUT2D eigenvalue weighted by atomic mass is 9.60. The van der Waals surface area contributed by atoms with Gasteiger partial charge in [-0.25, -0.2) is 4.39 Å². The maximum absolute atomic E-state index is 13.1. The number of hydrogen-bond donors (Lipinski definition) is 1. The van der Waals surface area contributed by atoms with Gasteiger partial charge in [0.2, 0.25) is 0 Å². The molecule has 1 nitrogen and oxygen atoms in total. The highest BCUT2D eigenvalue weighted by molar-refractivity contribution is 5.85. The maximum atomic E-state index is 13.1. The fourth-order valence-electron chi connectivity index (χ4n) is 3.21. The third-order valence-corrected chi connectivity index (χ3v) is 4.02. The molecule has 1 aliphatic heterocycles. The average Bonchev–Trinajstić information content (AvgIpc) is 2.63. The van der Waals surface area contributed by atoms with Gasteiger partial charge in [0.05, 0.1) is 0 Å². The van der Waals surface area contributed by atoms with E-state index in [1.54, 1.807) is 0 Å². The predicted molar refractivity (Wildman–Crippen MR) is 65.9 cm³/mol. The van der Waals surface area contributed by atoms with Crippen LogP contribution < -0.4 is 5.32 Å². The minimum Gasteiger partial charge on any atom is -0.316 e. The van der Waals surface area contributed by atoms with E-state index >= 15 is 0 Å². The van der Waals surface area contributed by atoms with Crippen molar-refractivity contribution < 1.29 is 4.39 Å². The van der Waals surface area contributed by atoms with Crippen molar-refractivity contribution in [3.8, 4) is 0 Å². The summed E-state index contributed by atoms with van der Waals surface area (Å²) in [7, 11) is 0. The summed E-state index contributed by atoms with van der Waals surface area (Å²) in [6, 6.07) is 10.5. The summed E-state index contributed by atoms with van der Waals surface area (Å²) in [6.07, 6.45) is 0.940. The minimum atomic E-state index is -0.559. The van der Waals surface area contributed by atoms with Crippen LogP contribution in [0.15, 0.2) is 30.3 Å². The van der Waals surface area contributed by atoms with Gasteiger partial charge in [0, 0.05) is 19.0 Å². The number of rotatable bonds is 1. The van der Waals surface area contributed by atoms with E-state index in [4.69, 9.17) is 0 Å².